The van der Waals surface area contributed by atoms with Gasteiger partial charge in [0.2, 0.25) is 5.91 Å². The fraction of sp³-hybridized carbons (Fsp3) is 0.533. The summed E-state index contributed by atoms with van der Waals surface area (Å²) in [7, 11) is 0. The Labute approximate surface area is 118 Å². The minimum absolute atomic E-state index is 0.0814. The third-order valence-corrected chi connectivity index (χ3v) is 5.33. The molecule has 2 aliphatic heterocycles. The normalized spacial score (nSPS) is 25.3. The highest BCUT2D eigenvalue weighted by molar-refractivity contribution is 8.01. The van der Waals surface area contributed by atoms with Gasteiger partial charge in [0.05, 0.1) is 5.25 Å². The first-order valence-corrected chi connectivity index (χ1v) is 7.93. The first-order chi connectivity index (χ1) is 9.29. The first-order valence-electron chi connectivity index (χ1n) is 7.05. The van der Waals surface area contributed by atoms with Crippen LogP contribution in [-0.4, -0.2) is 41.7 Å². The third-order valence-electron chi connectivity index (χ3n) is 4.02. The van der Waals surface area contributed by atoms with Gasteiger partial charge < -0.3 is 10.2 Å². The van der Waals surface area contributed by atoms with Crippen molar-refractivity contribution < 1.29 is 4.79 Å². The van der Waals surface area contributed by atoms with Gasteiger partial charge in [-0.1, -0.05) is 18.2 Å². The van der Waals surface area contributed by atoms with E-state index in [-0.39, 0.29) is 5.25 Å². The molecule has 102 valence electrons. The minimum atomic E-state index is 0.0814. The van der Waals surface area contributed by atoms with Gasteiger partial charge in [0.1, 0.15) is 0 Å². The molecule has 19 heavy (non-hydrogen) atoms. The van der Waals surface area contributed by atoms with E-state index in [2.05, 4.69) is 41.4 Å². The number of amides is 1. The maximum absolute atomic E-state index is 12.7. The van der Waals surface area contributed by atoms with Gasteiger partial charge in [0.25, 0.3) is 0 Å². The quantitative estimate of drug-likeness (QED) is 0.915. The van der Waals surface area contributed by atoms with E-state index < -0.39 is 0 Å². The van der Waals surface area contributed by atoms with Crippen molar-refractivity contribution >= 4 is 17.7 Å². The fourth-order valence-corrected chi connectivity index (χ4v) is 4.27. The summed E-state index contributed by atoms with van der Waals surface area (Å²) in [6.07, 6.45) is 1.97. The molecule has 0 aliphatic carbocycles. The highest BCUT2D eigenvalue weighted by Gasteiger charge is 2.34. The highest BCUT2D eigenvalue weighted by Crippen LogP contribution is 2.37. The molecule has 2 heterocycles. The SMILES string of the molecule is CCN(C(=O)C1Cc2ccccc2S1)C1CCNC1. The van der Waals surface area contributed by atoms with Crippen molar-refractivity contribution in [3.05, 3.63) is 29.8 Å². The largest absolute Gasteiger partial charge is 0.338 e. The van der Waals surface area contributed by atoms with Crippen molar-refractivity contribution in [2.24, 2.45) is 0 Å². The zero-order chi connectivity index (χ0) is 13.2. The molecule has 1 aromatic carbocycles. The molecule has 4 heteroatoms. The van der Waals surface area contributed by atoms with E-state index in [0.717, 1.165) is 32.5 Å². The van der Waals surface area contributed by atoms with Gasteiger partial charge in [-0.15, -0.1) is 11.8 Å². The minimum Gasteiger partial charge on any atom is -0.338 e. The van der Waals surface area contributed by atoms with Gasteiger partial charge in [-0.3, -0.25) is 4.79 Å². The molecule has 1 aromatic rings. The van der Waals surface area contributed by atoms with Gasteiger partial charge in [-0.25, -0.2) is 0 Å². The highest BCUT2D eigenvalue weighted by atomic mass is 32.2. The van der Waals surface area contributed by atoms with Crippen LogP contribution < -0.4 is 5.32 Å². The Morgan fingerprint density at radius 2 is 2.32 bits per heavy atom. The van der Waals surface area contributed by atoms with E-state index in [9.17, 15) is 4.79 Å². The second-order valence-corrected chi connectivity index (χ2v) is 6.43. The number of hydrogen-bond acceptors (Lipinski definition) is 3. The van der Waals surface area contributed by atoms with E-state index in [1.165, 1.54) is 10.5 Å². The number of carbonyl (C=O) groups excluding carboxylic acids is 1. The van der Waals surface area contributed by atoms with Crippen LogP contribution in [0, 0.1) is 0 Å². The van der Waals surface area contributed by atoms with Crippen LogP contribution in [0.25, 0.3) is 0 Å². The van der Waals surface area contributed by atoms with E-state index in [4.69, 9.17) is 0 Å². The standard InChI is InChI=1S/C15H20N2OS/c1-2-17(12-7-8-16-10-12)15(18)14-9-11-5-3-4-6-13(11)19-14/h3-6,12,14,16H,2,7-10H2,1H3. The number of fused-ring (bicyclic) bond motifs is 1. The zero-order valence-electron chi connectivity index (χ0n) is 11.3. The lowest BCUT2D eigenvalue weighted by molar-refractivity contribution is -0.132. The second kappa shape index (κ2) is 5.55. The van der Waals surface area contributed by atoms with Gasteiger partial charge in [0, 0.05) is 24.0 Å². The summed E-state index contributed by atoms with van der Waals surface area (Å²) in [5.41, 5.74) is 1.33. The maximum Gasteiger partial charge on any atom is 0.236 e. The predicted molar refractivity (Wildman–Crippen MR) is 78.5 cm³/mol. The third kappa shape index (κ3) is 2.51. The van der Waals surface area contributed by atoms with Gasteiger partial charge in [-0.05, 0) is 37.9 Å². The van der Waals surface area contributed by atoms with Crippen molar-refractivity contribution in [2.75, 3.05) is 19.6 Å². The molecule has 0 aromatic heterocycles. The molecule has 2 aliphatic rings. The molecule has 0 bridgehead atoms. The summed E-state index contributed by atoms with van der Waals surface area (Å²) in [6.45, 7) is 4.89. The number of rotatable bonds is 3. The number of thioether (sulfide) groups is 1. The summed E-state index contributed by atoms with van der Waals surface area (Å²) >= 11 is 1.74. The van der Waals surface area contributed by atoms with Crippen molar-refractivity contribution in [1.29, 1.82) is 0 Å². The summed E-state index contributed by atoms with van der Waals surface area (Å²) in [6, 6.07) is 8.77. The molecule has 1 N–H and O–H groups in total. The molecule has 1 amide bonds. The van der Waals surface area contributed by atoms with Crippen LogP contribution in [0.2, 0.25) is 0 Å². The molecular formula is C15H20N2OS. The summed E-state index contributed by atoms with van der Waals surface area (Å²) in [5, 5.41) is 3.43. The van der Waals surface area contributed by atoms with Crippen LogP contribution in [0.5, 0.6) is 0 Å². The van der Waals surface area contributed by atoms with Gasteiger partial charge in [0.15, 0.2) is 0 Å². The van der Waals surface area contributed by atoms with Crippen LogP contribution in [0.4, 0.5) is 0 Å². The Kier molecular flexibility index (Phi) is 3.80. The Morgan fingerprint density at radius 1 is 1.47 bits per heavy atom. The van der Waals surface area contributed by atoms with Crippen molar-refractivity contribution in [3.8, 4) is 0 Å². The molecule has 1 saturated heterocycles. The Bertz CT molecular complexity index is 446. The van der Waals surface area contributed by atoms with Crippen molar-refractivity contribution in [2.45, 2.75) is 36.0 Å². The van der Waals surface area contributed by atoms with E-state index in [1.54, 1.807) is 11.8 Å². The van der Waals surface area contributed by atoms with E-state index >= 15 is 0 Å². The number of nitrogens with zero attached hydrogens (tertiary/aromatic N) is 1. The number of benzene rings is 1. The number of likely N-dealkylation sites (N-methyl/N-ethyl adjacent to an activating group) is 1. The molecule has 0 radical (unpaired) electrons. The number of hydrogen-bond donors (Lipinski definition) is 1. The van der Waals surface area contributed by atoms with Crippen molar-refractivity contribution in [3.63, 3.8) is 0 Å². The monoisotopic (exact) mass is 276 g/mol. The first kappa shape index (κ1) is 13.0. The molecular weight excluding hydrogens is 256 g/mol. The van der Waals surface area contributed by atoms with Crippen LogP contribution in [0.1, 0.15) is 18.9 Å². The zero-order valence-corrected chi connectivity index (χ0v) is 12.1. The molecule has 1 fully saturated rings. The fourth-order valence-electron chi connectivity index (χ4n) is 3.00. The molecule has 2 atom stereocenters. The second-order valence-electron chi connectivity index (χ2n) is 5.19. The van der Waals surface area contributed by atoms with Crippen LogP contribution in [0.15, 0.2) is 29.2 Å². The molecule has 0 saturated carbocycles. The average Bonchev–Trinajstić information content (AvgIpc) is 3.08. The Balaban J connectivity index is 1.71. The summed E-state index contributed by atoms with van der Waals surface area (Å²) < 4.78 is 0. The van der Waals surface area contributed by atoms with Gasteiger partial charge >= 0.3 is 0 Å². The van der Waals surface area contributed by atoms with E-state index in [1.807, 2.05) is 0 Å². The van der Waals surface area contributed by atoms with Gasteiger partial charge in [-0.2, -0.15) is 0 Å². The van der Waals surface area contributed by atoms with Crippen LogP contribution >= 0.6 is 11.8 Å². The molecule has 0 spiro atoms. The van der Waals surface area contributed by atoms with Crippen LogP contribution in [0.3, 0.4) is 0 Å². The Hall–Kier alpha value is -1.00. The predicted octanol–water partition coefficient (Wildman–Crippen LogP) is 1.91. The lowest BCUT2D eigenvalue weighted by Crippen LogP contribution is -2.45. The lowest BCUT2D eigenvalue weighted by Gasteiger charge is -2.29. The Morgan fingerprint density at radius 3 is 3.00 bits per heavy atom. The summed E-state index contributed by atoms with van der Waals surface area (Å²) in [4.78, 5) is 16.1. The molecule has 3 nitrogen and oxygen atoms in total. The van der Waals surface area contributed by atoms with Crippen molar-refractivity contribution in [1.82, 2.24) is 10.2 Å². The molecule has 2 unspecified atom stereocenters. The summed E-state index contributed by atoms with van der Waals surface area (Å²) in [5.74, 6) is 0.317. The average molecular weight is 276 g/mol. The number of carbonyl (C=O) groups is 1. The van der Waals surface area contributed by atoms with Crippen LogP contribution in [-0.2, 0) is 11.2 Å². The smallest absolute Gasteiger partial charge is 0.236 e. The topological polar surface area (TPSA) is 32.3 Å². The molecule has 3 rings (SSSR count). The lowest BCUT2D eigenvalue weighted by atomic mass is 10.1. The maximum atomic E-state index is 12.7. The van der Waals surface area contributed by atoms with E-state index in [0.29, 0.717) is 11.9 Å². The number of nitrogens with one attached hydrogen (secondary N) is 1.